The fourth-order valence-corrected chi connectivity index (χ4v) is 4.20. The second-order valence-corrected chi connectivity index (χ2v) is 8.29. The monoisotopic (exact) mass is 456 g/mol. The lowest BCUT2D eigenvalue weighted by Crippen LogP contribution is -2.14. The minimum Gasteiger partial charge on any atom is -0.363 e. The van der Waals surface area contributed by atoms with Gasteiger partial charge >= 0.3 is 0 Å². The number of H-pyrrole nitrogens is 1. The van der Waals surface area contributed by atoms with Crippen LogP contribution in [-0.2, 0) is 0 Å². The minimum atomic E-state index is -2.91. The molecule has 32 heavy (non-hydrogen) atoms. The lowest BCUT2D eigenvalue weighted by atomic mass is 10.0. The van der Waals surface area contributed by atoms with Crippen LogP contribution in [0.4, 0.5) is 19.0 Å². The van der Waals surface area contributed by atoms with E-state index in [1.807, 2.05) is 30.3 Å². The third-order valence-electron chi connectivity index (χ3n) is 4.87. The first kappa shape index (κ1) is 21.9. The van der Waals surface area contributed by atoms with Gasteiger partial charge in [0.15, 0.2) is 0 Å². The summed E-state index contributed by atoms with van der Waals surface area (Å²) < 4.78 is 40.8. The van der Waals surface area contributed by atoms with Crippen molar-refractivity contribution in [1.82, 2.24) is 15.0 Å². The van der Waals surface area contributed by atoms with Crippen LogP contribution in [0.5, 0.6) is 0 Å². The molecule has 0 radical (unpaired) electrons. The second-order valence-electron chi connectivity index (χ2n) is 7.18. The number of nitrogens with zero attached hydrogens (tertiary/aromatic N) is 2. The van der Waals surface area contributed by atoms with Crippen molar-refractivity contribution >= 4 is 28.6 Å². The number of benzene rings is 2. The molecule has 2 N–H and O–H groups in total. The summed E-state index contributed by atoms with van der Waals surface area (Å²) in [6.45, 7) is 3.32. The van der Waals surface area contributed by atoms with Crippen LogP contribution in [0.15, 0.2) is 69.2 Å². The summed E-state index contributed by atoms with van der Waals surface area (Å²) in [6.07, 6.45) is -2.91. The topological polar surface area (TPSA) is 70.7 Å². The molecule has 2 heterocycles. The molecule has 4 aromatic rings. The zero-order chi connectivity index (χ0) is 22.8. The van der Waals surface area contributed by atoms with Gasteiger partial charge in [-0.05, 0) is 32.0 Å². The first-order valence-corrected chi connectivity index (χ1v) is 10.6. The maximum atomic E-state index is 14.6. The molecule has 0 saturated carbocycles. The molecule has 0 saturated heterocycles. The Kier molecular flexibility index (Phi) is 6.18. The highest BCUT2D eigenvalue weighted by Gasteiger charge is 2.20. The van der Waals surface area contributed by atoms with Crippen LogP contribution >= 0.6 is 11.8 Å². The number of hydrogen-bond donors (Lipinski definition) is 2. The number of fused-ring (bicyclic) bond motifs is 1. The zero-order valence-electron chi connectivity index (χ0n) is 17.2. The fraction of sp³-hybridized carbons (Fsp3) is 0.174. The van der Waals surface area contributed by atoms with Gasteiger partial charge in [-0.3, -0.25) is 4.79 Å². The summed E-state index contributed by atoms with van der Waals surface area (Å²) in [5.41, 5.74) is -0.517. The predicted molar refractivity (Wildman–Crippen MR) is 119 cm³/mol. The summed E-state index contributed by atoms with van der Waals surface area (Å²) in [5, 5.41) is 3.63. The number of hydrogen-bond acceptors (Lipinski definition) is 5. The molecule has 164 valence electrons. The van der Waals surface area contributed by atoms with Crippen LogP contribution in [0.2, 0.25) is 0 Å². The van der Waals surface area contributed by atoms with Gasteiger partial charge in [-0.25, -0.2) is 23.1 Å². The number of anilines is 1. The summed E-state index contributed by atoms with van der Waals surface area (Å²) in [6, 6.07) is 14.3. The van der Waals surface area contributed by atoms with Gasteiger partial charge in [-0.1, -0.05) is 48.2 Å². The van der Waals surface area contributed by atoms with E-state index in [4.69, 9.17) is 0 Å². The SMILES string of the molecule is Cc1nc(NC(C)c2cccc(C(F)F)c2F)c2cc(Sc3ccccc3)c(=O)[nH]c2n1. The van der Waals surface area contributed by atoms with Crippen LogP contribution in [0, 0.1) is 12.7 Å². The molecule has 0 fully saturated rings. The van der Waals surface area contributed by atoms with Gasteiger partial charge in [0.2, 0.25) is 0 Å². The van der Waals surface area contributed by atoms with Gasteiger partial charge in [-0.15, -0.1) is 0 Å². The highest BCUT2D eigenvalue weighted by Crippen LogP contribution is 2.32. The van der Waals surface area contributed by atoms with Crippen LogP contribution in [0.3, 0.4) is 0 Å². The highest BCUT2D eigenvalue weighted by molar-refractivity contribution is 7.99. The molecule has 0 amide bonds. The van der Waals surface area contributed by atoms with Crippen molar-refractivity contribution in [3.05, 3.63) is 87.7 Å². The minimum absolute atomic E-state index is 0.0931. The maximum Gasteiger partial charge on any atom is 0.266 e. The van der Waals surface area contributed by atoms with Crippen LogP contribution in [-0.4, -0.2) is 15.0 Å². The summed E-state index contributed by atoms with van der Waals surface area (Å²) in [4.78, 5) is 25.4. The van der Waals surface area contributed by atoms with E-state index in [0.717, 1.165) is 11.0 Å². The number of alkyl halides is 2. The molecule has 9 heteroatoms. The molecule has 2 aromatic carbocycles. The molecule has 0 aliphatic heterocycles. The number of aromatic nitrogens is 3. The van der Waals surface area contributed by atoms with E-state index in [0.29, 0.717) is 27.6 Å². The smallest absolute Gasteiger partial charge is 0.266 e. The van der Waals surface area contributed by atoms with Crippen LogP contribution in [0.1, 0.15) is 36.3 Å². The Morgan fingerprint density at radius 3 is 2.47 bits per heavy atom. The Balaban J connectivity index is 1.74. The second kappa shape index (κ2) is 9.04. The summed E-state index contributed by atoms with van der Waals surface area (Å²) in [7, 11) is 0. The maximum absolute atomic E-state index is 14.6. The van der Waals surface area contributed by atoms with Gasteiger partial charge in [0.1, 0.15) is 23.1 Å². The van der Waals surface area contributed by atoms with Crippen molar-refractivity contribution < 1.29 is 13.2 Å². The first-order valence-electron chi connectivity index (χ1n) is 9.81. The van der Waals surface area contributed by atoms with Crippen LogP contribution in [0.25, 0.3) is 11.0 Å². The quantitative estimate of drug-likeness (QED) is 0.371. The van der Waals surface area contributed by atoms with Crippen molar-refractivity contribution in [1.29, 1.82) is 0 Å². The third-order valence-corrected chi connectivity index (χ3v) is 5.90. The molecule has 1 unspecified atom stereocenters. The van der Waals surface area contributed by atoms with Crippen molar-refractivity contribution in [3.8, 4) is 0 Å². The average molecular weight is 456 g/mol. The van der Waals surface area contributed by atoms with Crippen LogP contribution < -0.4 is 10.9 Å². The van der Waals surface area contributed by atoms with E-state index in [-0.39, 0.29) is 11.1 Å². The Hall–Kier alpha value is -3.33. The lowest BCUT2D eigenvalue weighted by molar-refractivity contribution is 0.146. The lowest BCUT2D eigenvalue weighted by Gasteiger charge is -2.18. The highest BCUT2D eigenvalue weighted by atomic mass is 32.2. The molecular weight excluding hydrogens is 437 g/mol. The Labute approximate surface area is 186 Å². The van der Waals surface area contributed by atoms with Gasteiger partial charge in [0, 0.05) is 10.5 Å². The van der Waals surface area contributed by atoms with Gasteiger partial charge in [-0.2, -0.15) is 0 Å². The molecule has 0 spiro atoms. The van der Waals surface area contributed by atoms with Crippen molar-refractivity contribution in [2.24, 2.45) is 0 Å². The number of pyridine rings is 1. The Morgan fingerprint density at radius 1 is 1.03 bits per heavy atom. The van der Waals surface area contributed by atoms with Gasteiger partial charge < -0.3 is 10.3 Å². The van der Waals surface area contributed by atoms with E-state index in [2.05, 4.69) is 20.3 Å². The van der Waals surface area contributed by atoms with Crippen molar-refractivity contribution in [2.45, 2.75) is 36.1 Å². The molecule has 1 atom stereocenters. The van der Waals surface area contributed by atoms with E-state index >= 15 is 0 Å². The van der Waals surface area contributed by atoms with Gasteiger partial charge in [0.05, 0.1) is 21.9 Å². The summed E-state index contributed by atoms with van der Waals surface area (Å²) in [5.74, 6) is -0.188. The first-order chi connectivity index (χ1) is 15.3. The molecule has 5 nitrogen and oxygen atoms in total. The number of aryl methyl sites for hydroxylation is 1. The molecule has 0 aliphatic rings. The number of halogens is 3. The average Bonchev–Trinajstić information content (AvgIpc) is 2.75. The molecule has 0 bridgehead atoms. The molecule has 2 aromatic heterocycles. The van der Waals surface area contributed by atoms with E-state index in [9.17, 15) is 18.0 Å². The Morgan fingerprint density at radius 2 is 1.75 bits per heavy atom. The third kappa shape index (κ3) is 4.47. The number of rotatable bonds is 6. The largest absolute Gasteiger partial charge is 0.363 e. The van der Waals surface area contributed by atoms with Crippen molar-refractivity contribution in [2.75, 3.05) is 5.32 Å². The number of aromatic amines is 1. The van der Waals surface area contributed by atoms with E-state index in [1.54, 1.807) is 19.9 Å². The zero-order valence-corrected chi connectivity index (χ0v) is 18.0. The fourth-order valence-electron chi connectivity index (χ4n) is 3.33. The molecule has 0 aliphatic carbocycles. The normalized spacial score (nSPS) is 12.3. The number of nitrogens with one attached hydrogen (secondary N) is 2. The molecule has 4 rings (SSSR count). The predicted octanol–water partition coefficient (Wildman–Crippen LogP) is 6.03. The summed E-state index contributed by atoms with van der Waals surface area (Å²) >= 11 is 1.29. The van der Waals surface area contributed by atoms with Gasteiger partial charge in [0.25, 0.3) is 12.0 Å². The van der Waals surface area contributed by atoms with E-state index < -0.39 is 23.8 Å². The van der Waals surface area contributed by atoms with E-state index in [1.165, 1.54) is 23.9 Å². The molecular formula is C23H19F3N4OS. The standard InChI is InChI=1S/C23H19F3N4OS/c1-12(15-9-6-10-16(19(15)24)20(25)26)27-21-17-11-18(32-14-7-4-3-5-8-14)23(31)30-22(17)29-13(2)28-21/h3-12,20H,1-2H3,(H2,27,28,29,30,31). The van der Waals surface area contributed by atoms with Crippen molar-refractivity contribution in [3.63, 3.8) is 0 Å². The Bertz CT molecular complexity index is 1330.